The summed E-state index contributed by atoms with van der Waals surface area (Å²) in [7, 11) is 0. The number of aliphatic imine (C=N–C) groups is 1. The lowest BCUT2D eigenvalue weighted by Crippen LogP contribution is -2.54. The van der Waals surface area contributed by atoms with Gasteiger partial charge in [0, 0.05) is 13.0 Å². The Labute approximate surface area is 158 Å². The van der Waals surface area contributed by atoms with Gasteiger partial charge in [0.25, 0.3) is 0 Å². The molecule has 3 aliphatic heterocycles. The smallest absolute Gasteiger partial charge is 0.408 e. The van der Waals surface area contributed by atoms with Crippen molar-refractivity contribution in [2.75, 3.05) is 19.6 Å². The van der Waals surface area contributed by atoms with Crippen molar-refractivity contribution in [2.24, 2.45) is 4.99 Å². The Morgan fingerprint density at radius 2 is 2.17 bits per heavy atom. The Morgan fingerprint density at radius 3 is 2.79 bits per heavy atom. The highest BCUT2D eigenvalue weighted by Crippen LogP contribution is 2.40. The monoisotopic (exact) mass is 446 g/mol. The summed E-state index contributed by atoms with van der Waals surface area (Å²) in [6.07, 6.45) is 0.464. The summed E-state index contributed by atoms with van der Waals surface area (Å²) in [6, 6.07) is 4.03. The Kier molecular flexibility index (Phi) is 4.21. The third-order valence-corrected chi connectivity index (χ3v) is 5.20. The number of guanidine groups is 1. The van der Waals surface area contributed by atoms with E-state index >= 15 is 0 Å². The molecule has 2 unspecified atom stereocenters. The lowest BCUT2D eigenvalue weighted by Gasteiger charge is -2.34. The molecular weight excluding hydrogens is 423 g/mol. The van der Waals surface area contributed by atoms with Gasteiger partial charge in [-0.2, -0.15) is 0 Å². The Morgan fingerprint density at radius 1 is 1.38 bits per heavy atom. The summed E-state index contributed by atoms with van der Waals surface area (Å²) in [4.78, 5) is 18.5. The molecule has 2 fully saturated rings. The fourth-order valence-electron chi connectivity index (χ4n) is 3.67. The van der Waals surface area contributed by atoms with E-state index in [0.29, 0.717) is 13.1 Å². The summed E-state index contributed by atoms with van der Waals surface area (Å²) < 4.78 is 11.3. The molecule has 0 saturated carbocycles. The fourth-order valence-corrected chi connectivity index (χ4v) is 3.67. The van der Waals surface area contributed by atoms with Crippen LogP contribution >= 0.6 is 24.0 Å². The third-order valence-electron chi connectivity index (χ3n) is 5.20. The zero-order valence-corrected chi connectivity index (χ0v) is 16.4. The number of hydrogen-bond acceptors (Lipinski definition) is 6. The van der Waals surface area contributed by atoms with Gasteiger partial charge in [-0.25, -0.2) is 4.79 Å². The minimum absolute atomic E-state index is 0. The summed E-state index contributed by atoms with van der Waals surface area (Å²) in [5, 5.41) is 6.34. The van der Waals surface area contributed by atoms with Gasteiger partial charge in [-0.15, -0.1) is 24.0 Å². The molecule has 0 radical (unpaired) electrons. The number of alkyl carbamates (subject to hydrolysis) is 1. The maximum atomic E-state index is 11.7. The first kappa shape index (κ1) is 17.4. The van der Waals surface area contributed by atoms with Crippen LogP contribution in [-0.2, 0) is 4.74 Å². The highest BCUT2D eigenvalue weighted by molar-refractivity contribution is 14.0. The van der Waals surface area contributed by atoms with Gasteiger partial charge in [0.05, 0.1) is 18.6 Å². The number of furan rings is 1. The van der Waals surface area contributed by atoms with Gasteiger partial charge in [-0.1, -0.05) is 0 Å². The van der Waals surface area contributed by atoms with E-state index in [0.717, 1.165) is 30.4 Å². The van der Waals surface area contributed by atoms with Crippen LogP contribution in [0, 0.1) is 6.92 Å². The molecule has 7 nitrogen and oxygen atoms in total. The molecule has 3 aliphatic rings. The Balaban J connectivity index is 0.00000169. The first-order chi connectivity index (χ1) is 10.9. The Bertz CT molecular complexity index is 687. The minimum atomic E-state index is -0.492. The number of hydrogen-bond donors (Lipinski definition) is 2. The predicted molar refractivity (Wildman–Crippen MR) is 99.7 cm³/mol. The molecule has 1 amide bonds. The van der Waals surface area contributed by atoms with Crippen molar-refractivity contribution in [3.63, 3.8) is 0 Å². The van der Waals surface area contributed by atoms with E-state index in [1.165, 1.54) is 0 Å². The lowest BCUT2D eigenvalue weighted by molar-refractivity contribution is 0.0237. The number of nitrogens with one attached hydrogen (secondary N) is 2. The van der Waals surface area contributed by atoms with Gasteiger partial charge in [-0.3, -0.25) is 4.99 Å². The number of nitrogens with zero attached hydrogens (tertiary/aromatic N) is 2. The molecule has 1 spiro atoms. The number of halogens is 1. The summed E-state index contributed by atoms with van der Waals surface area (Å²) in [5.74, 6) is 2.67. The number of likely N-dealkylation sites (tertiary alicyclic amines) is 1. The van der Waals surface area contributed by atoms with E-state index in [4.69, 9.17) is 9.15 Å². The van der Waals surface area contributed by atoms with E-state index in [2.05, 4.69) is 20.5 Å². The zero-order chi connectivity index (χ0) is 16.2. The van der Waals surface area contributed by atoms with E-state index in [-0.39, 0.29) is 41.7 Å². The van der Waals surface area contributed by atoms with E-state index in [9.17, 15) is 4.79 Å². The third kappa shape index (κ3) is 2.64. The van der Waals surface area contributed by atoms with Crippen LogP contribution in [0.1, 0.15) is 37.8 Å². The van der Waals surface area contributed by atoms with Gasteiger partial charge >= 0.3 is 6.09 Å². The molecule has 0 aliphatic carbocycles. The van der Waals surface area contributed by atoms with Crippen LogP contribution in [0.5, 0.6) is 0 Å². The number of aryl methyl sites for hydroxylation is 1. The summed E-state index contributed by atoms with van der Waals surface area (Å²) >= 11 is 0. The average Bonchev–Trinajstić information content (AvgIpc) is 3.17. The summed E-state index contributed by atoms with van der Waals surface area (Å²) in [6.45, 7) is 8.09. The molecule has 4 rings (SSSR count). The zero-order valence-electron chi connectivity index (χ0n) is 14.1. The standard InChI is InChI=1S/C16H22N4O3.HI/c1-10-4-5-12(22-10)11-8-17-13(18-11)20-7-6-16(9-20)15(2,3)19-14(21)23-16;/h4-5,11H,6-9H2,1-3H3,(H,17,18)(H,19,21);1H. The van der Waals surface area contributed by atoms with Crippen LogP contribution in [0.25, 0.3) is 0 Å². The molecule has 4 heterocycles. The minimum Gasteiger partial charge on any atom is -0.464 e. The number of rotatable bonds is 1. The van der Waals surface area contributed by atoms with Crippen molar-refractivity contribution in [2.45, 2.75) is 44.4 Å². The van der Waals surface area contributed by atoms with Gasteiger partial charge in [0.1, 0.15) is 17.6 Å². The summed E-state index contributed by atoms with van der Waals surface area (Å²) in [5.41, 5.74) is -0.872. The van der Waals surface area contributed by atoms with Crippen LogP contribution in [0.2, 0.25) is 0 Å². The maximum absolute atomic E-state index is 11.7. The molecule has 2 saturated heterocycles. The second-order valence-corrected chi connectivity index (χ2v) is 7.11. The molecule has 8 heteroatoms. The van der Waals surface area contributed by atoms with Crippen LogP contribution in [0.4, 0.5) is 4.79 Å². The largest absolute Gasteiger partial charge is 0.464 e. The van der Waals surface area contributed by atoms with Gasteiger partial charge in [0.2, 0.25) is 0 Å². The number of amides is 1. The van der Waals surface area contributed by atoms with Crippen molar-refractivity contribution < 1.29 is 13.9 Å². The Hall–Kier alpha value is -1.45. The SMILES string of the molecule is Cc1ccc(C2CN=C(N3CCC4(C3)OC(=O)NC4(C)C)N2)o1.I. The molecule has 1 aromatic heterocycles. The lowest BCUT2D eigenvalue weighted by atomic mass is 9.83. The number of ether oxygens (including phenoxy) is 1. The van der Waals surface area contributed by atoms with Crippen LogP contribution < -0.4 is 10.6 Å². The first-order valence-corrected chi connectivity index (χ1v) is 8.02. The van der Waals surface area contributed by atoms with E-state index in [1.807, 2.05) is 32.9 Å². The van der Waals surface area contributed by atoms with E-state index in [1.54, 1.807) is 0 Å². The molecule has 0 bridgehead atoms. The second kappa shape index (κ2) is 5.82. The van der Waals surface area contributed by atoms with Crippen LogP contribution in [-0.4, -0.2) is 47.7 Å². The molecule has 24 heavy (non-hydrogen) atoms. The van der Waals surface area contributed by atoms with Crippen molar-refractivity contribution in [3.8, 4) is 0 Å². The molecular formula is C16H23IN4O3. The fraction of sp³-hybridized carbons (Fsp3) is 0.625. The topological polar surface area (TPSA) is 79.1 Å². The highest BCUT2D eigenvalue weighted by atomic mass is 127. The van der Waals surface area contributed by atoms with Gasteiger partial charge < -0.3 is 24.7 Å². The first-order valence-electron chi connectivity index (χ1n) is 8.02. The van der Waals surface area contributed by atoms with E-state index < -0.39 is 5.60 Å². The molecule has 2 N–H and O–H groups in total. The number of carbonyl (C=O) groups is 1. The van der Waals surface area contributed by atoms with Crippen LogP contribution in [0.3, 0.4) is 0 Å². The maximum Gasteiger partial charge on any atom is 0.408 e. The average molecular weight is 446 g/mol. The normalized spacial score (nSPS) is 30.6. The second-order valence-electron chi connectivity index (χ2n) is 7.11. The number of carbonyl (C=O) groups excluding carboxylic acids is 1. The molecule has 2 atom stereocenters. The van der Waals surface area contributed by atoms with Crippen molar-refractivity contribution in [3.05, 3.63) is 23.7 Å². The van der Waals surface area contributed by atoms with Gasteiger partial charge in [0.15, 0.2) is 11.6 Å². The quantitative estimate of drug-likeness (QED) is 0.647. The van der Waals surface area contributed by atoms with Crippen molar-refractivity contribution >= 4 is 36.0 Å². The molecule has 132 valence electrons. The van der Waals surface area contributed by atoms with Crippen LogP contribution in [0.15, 0.2) is 21.5 Å². The highest BCUT2D eigenvalue weighted by Gasteiger charge is 2.58. The van der Waals surface area contributed by atoms with Crippen molar-refractivity contribution in [1.82, 2.24) is 15.5 Å². The molecule has 0 aromatic carbocycles. The van der Waals surface area contributed by atoms with Gasteiger partial charge in [-0.05, 0) is 32.9 Å². The van der Waals surface area contributed by atoms with Crippen molar-refractivity contribution in [1.29, 1.82) is 0 Å². The molecule has 1 aromatic rings. The predicted octanol–water partition coefficient (Wildman–Crippen LogP) is 2.17.